The van der Waals surface area contributed by atoms with Crippen molar-refractivity contribution in [2.45, 2.75) is 58.3 Å². The largest absolute Gasteiger partial charge is 0.342 e. The summed E-state index contributed by atoms with van der Waals surface area (Å²) in [6.07, 6.45) is 9.90. The maximum absolute atomic E-state index is 12.5. The van der Waals surface area contributed by atoms with Crippen molar-refractivity contribution in [2.75, 3.05) is 19.0 Å². The monoisotopic (exact) mass is 285 g/mol. The standard InChI is InChI=1S/C16H28ClNO/c1-2-3-4-13-5-7-15(8-6-13)16(19)18-10-9-14(11-17)12-18/h13-15H,2-12H2,1H3. The lowest BCUT2D eigenvalue weighted by Gasteiger charge is -2.30. The van der Waals surface area contributed by atoms with Gasteiger partial charge in [0.05, 0.1) is 0 Å². The molecule has 1 saturated carbocycles. The highest BCUT2D eigenvalue weighted by molar-refractivity contribution is 6.18. The molecule has 2 fully saturated rings. The van der Waals surface area contributed by atoms with Crippen LogP contribution in [0.2, 0.25) is 0 Å². The van der Waals surface area contributed by atoms with Gasteiger partial charge in [-0.25, -0.2) is 0 Å². The van der Waals surface area contributed by atoms with Gasteiger partial charge in [0.25, 0.3) is 0 Å². The highest BCUT2D eigenvalue weighted by Gasteiger charge is 2.32. The predicted octanol–water partition coefficient (Wildman–Crippen LogP) is 4.07. The van der Waals surface area contributed by atoms with E-state index >= 15 is 0 Å². The molecule has 2 aliphatic rings. The number of carbonyl (C=O) groups excluding carboxylic acids is 1. The van der Waals surface area contributed by atoms with E-state index in [0.717, 1.165) is 38.3 Å². The average molecular weight is 286 g/mol. The van der Waals surface area contributed by atoms with Gasteiger partial charge in [-0.3, -0.25) is 4.79 Å². The zero-order valence-corrected chi connectivity index (χ0v) is 13.0. The fourth-order valence-electron chi connectivity index (χ4n) is 3.61. The number of halogens is 1. The molecule has 0 N–H and O–H groups in total. The second kappa shape index (κ2) is 7.52. The van der Waals surface area contributed by atoms with Gasteiger partial charge < -0.3 is 4.90 Å². The normalized spacial score (nSPS) is 31.7. The molecule has 19 heavy (non-hydrogen) atoms. The van der Waals surface area contributed by atoms with Gasteiger partial charge >= 0.3 is 0 Å². The molecule has 0 aromatic carbocycles. The molecule has 2 rings (SSSR count). The minimum atomic E-state index is 0.312. The van der Waals surface area contributed by atoms with E-state index in [1.807, 2.05) is 0 Å². The number of rotatable bonds is 5. The van der Waals surface area contributed by atoms with E-state index in [9.17, 15) is 4.79 Å². The molecule has 0 aromatic rings. The van der Waals surface area contributed by atoms with Crippen LogP contribution in [0.3, 0.4) is 0 Å². The van der Waals surface area contributed by atoms with Gasteiger partial charge in [-0.05, 0) is 43.9 Å². The summed E-state index contributed by atoms with van der Waals surface area (Å²) < 4.78 is 0. The van der Waals surface area contributed by atoms with Crippen LogP contribution >= 0.6 is 11.6 Å². The van der Waals surface area contributed by atoms with E-state index in [1.54, 1.807) is 0 Å². The maximum Gasteiger partial charge on any atom is 0.225 e. The third-order valence-electron chi connectivity index (χ3n) is 4.98. The molecule has 1 heterocycles. The maximum atomic E-state index is 12.5. The molecule has 1 aliphatic carbocycles. The predicted molar refractivity (Wildman–Crippen MR) is 80.4 cm³/mol. The molecular formula is C16H28ClNO. The van der Waals surface area contributed by atoms with Crippen LogP contribution < -0.4 is 0 Å². The first-order chi connectivity index (χ1) is 9.24. The van der Waals surface area contributed by atoms with Crippen LogP contribution in [0.25, 0.3) is 0 Å². The first-order valence-electron chi connectivity index (χ1n) is 8.09. The van der Waals surface area contributed by atoms with Crippen LogP contribution in [0.4, 0.5) is 0 Å². The highest BCUT2D eigenvalue weighted by atomic mass is 35.5. The first-order valence-corrected chi connectivity index (χ1v) is 8.62. The van der Waals surface area contributed by atoms with Crippen molar-refractivity contribution in [2.24, 2.45) is 17.8 Å². The van der Waals surface area contributed by atoms with Crippen LogP contribution in [-0.4, -0.2) is 29.8 Å². The Bertz CT molecular complexity index is 286. The fourth-order valence-corrected chi connectivity index (χ4v) is 3.86. The van der Waals surface area contributed by atoms with E-state index in [0.29, 0.717) is 23.6 Å². The average Bonchev–Trinajstić information content (AvgIpc) is 2.94. The van der Waals surface area contributed by atoms with Crippen molar-refractivity contribution in [1.29, 1.82) is 0 Å². The summed E-state index contributed by atoms with van der Waals surface area (Å²) in [7, 11) is 0. The number of unbranched alkanes of at least 4 members (excludes halogenated alkanes) is 1. The Morgan fingerprint density at radius 1 is 1.16 bits per heavy atom. The molecule has 1 atom stereocenters. The Morgan fingerprint density at radius 2 is 1.89 bits per heavy atom. The topological polar surface area (TPSA) is 20.3 Å². The lowest BCUT2D eigenvalue weighted by atomic mass is 9.79. The van der Waals surface area contributed by atoms with Crippen LogP contribution in [0, 0.1) is 17.8 Å². The van der Waals surface area contributed by atoms with Crippen LogP contribution in [0.5, 0.6) is 0 Å². The van der Waals surface area contributed by atoms with E-state index in [-0.39, 0.29) is 0 Å². The van der Waals surface area contributed by atoms with Crippen molar-refractivity contribution in [3.63, 3.8) is 0 Å². The highest BCUT2D eigenvalue weighted by Crippen LogP contribution is 2.33. The van der Waals surface area contributed by atoms with Gasteiger partial charge in [-0.1, -0.05) is 26.2 Å². The molecule has 0 radical (unpaired) electrons. The van der Waals surface area contributed by atoms with E-state index < -0.39 is 0 Å². The Labute approximate surface area is 122 Å². The molecule has 1 amide bonds. The second-order valence-corrected chi connectivity index (χ2v) is 6.76. The van der Waals surface area contributed by atoms with E-state index in [2.05, 4.69) is 11.8 Å². The fraction of sp³-hybridized carbons (Fsp3) is 0.938. The van der Waals surface area contributed by atoms with Crippen molar-refractivity contribution in [1.82, 2.24) is 4.90 Å². The van der Waals surface area contributed by atoms with Crippen molar-refractivity contribution in [3.05, 3.63) is 0 Å². The second-order valence-electron chi connectivity index (χ2n) is 6.45. The SMILES string of the molecule is CCCCC1CCC(C(=O)N2CCC(CCl)C2)CC1. The molecule has 1 saturated heterocycles. The number of hydrogen-bond donors (Lipinski definition) is 0. The zero-order chi connectivity index (χ0) is 13.7. The van der Waals surface area contributed by atoms with E-state index in [4.69, 9.17) is 11.6 Å². The summed E-state index contributed by atoms with van der Waals surface area (Å²) in [6, 6.07) is 0. The first kappa shape index (κ1) is 15.2. The number of nitrogens with zero attached hydrogens (tertiary/aromatic N) is 1. The third-order valence-corrected chi connectivity index (χ3v) is 5.41. The number of likely N-dealkylation sites (tertiary alicyclic amines) is 1. The lowest BCUT2D eigenvalue weighted by Crippen LogP contribution is -2.36. The number of carbonyl (C=O) groups is 1. The molecule has 110 valence electrons. The Kier molecular flexibility index (Phi) is 6.00. The summed E-state index contributed by atoms with van der Waals surface area (Å²) in [4.78, 5) is 14.5. The van der Waals surface area contributed by atoms with Crippen LogP contribution in [0.15, 0.2) is 0 Å². The number of hydrogen-bond acceptors (Lipinski definition) is 1. The Hall–Kier alpha value is -0.240. The van der Waals surface area contributed by atoms with Gasteiger partial charge in [-0.15, -0.1) is 11.6 Å². The minimum Gasteiger partial charge on any atom is -0.342 e. The minimum absolute atomic E-state index is 0.312. The zero-order valence-electron chi connectivity index (χ0n) is 12.2. The quantitative estimate of drug-likeness (QED) is 0.697. The van der Waals surface area contributed by atoms with Crippen LogP contribution in [0.1, 0.15) is 58.3 Å². The molecule has 0 bridgehead atoms. The Morgan fingerprint density at radius 3 is 2.47 bits per heavy atom. The summed E-state index contributed by atoms with van der Waals surface area (Å²) in [5.41, 5.74) is 0. The van der Waals surface area contributed by atoms with Crippen molar-refractivity contribution >= 4 is 17.5 Å². The molecule has 0 spiro atoms. The van der Waals surface area contributed by atoms with E-state index in [1.165, 1.54) is 32.1 Å². The number of amides is 1. The third kappa shape index (κ3) is 4.11. The summed E-state index contributed by atoms with van der Waals surface area (Å²) in [5, 5.41) is 0. The van der Waals surface area contributed by atoms with Crippen LogP contribution in [-0.2, 0) is 4.79 Å². The summed E-state index contributed by atoms with van der Waals surface area (Å²) >= 11 is 5.89. The summed E-state index contributed by atoms with van der Waals surface area (Å²) in [6.45, 7) is 4.10. The lowest BCUT2D eigenvalue weighted by molar-refractivity contribution is -0.135. The Balaban J connectivity index is 1.73. The molecule has 1 unspecified atom stereocenters. The van der Waals surface area contributed by atoms with Gasteiger partial charge in [0.2, 0.25) is 5.91 Å². The van der Waals surface area contributed by atoms with Gasteiger partial charge in [-0.2, -0.15) is 0 Å². The van der Waals surface area contributed by atoms with Crippen molar-refractivity contribution in [3.8, 4) is 0 Å². The van der Waals surface area contributed by atoms with Gasteiger partial charge in [0, 0.05) is 24.9 Å². The molecule has 2 nitrogen and oxygen atoms in total. The molecule has 3 heteroatoms. The smallest absolute Gasteiger partial charge is 0.225 e. The van der Waals surface area contributed by atoms with Crippen molar-refractivity contribution < 1.29 is 4.79 Å². The molecule has 0 aromatic heterocycles. The van der Waals surface area contributed by atoms with Gasteiger partial charge in [0.15, 0.2) is 0 Å². The molecule has 1 aliphatic heterocycles. The molecular weight excluding hydrogens is 258 g/mol. The summed E-state index contributed by atoms with van der Waals surface area (Å²) in [5.74, 6) is 2.85. The number of alkyl halides is 1. The van der Waals surface area contributed by atoms with Gasteiger partial charge in [0.1, 0.15) is 0 Å².